The van der Waals surface area contributed by atoms with Crippen molar-refractivity contribution >= 4 is 5.95 Å². The van der Waals surface area contributed by atoms with Crippen molar-refractivity contribution in [3.63, 3.8) is 0 Å². The first-order chi connectivity index (χ1) is 10.3. The molecule has 0 radical (unpaired) electrons. The van der Waals surface area contributed by atoms with Crippen molar-refractivity contribution in [2.75, 3.05) is 44.4 Å². The lowest BCUT2D eigenvalue weighted by atomic mass is 10.2. The van der Waals surface area contributed by atoms with Gasteiger partial charge < -0.3 is 19.7 Å². The summed E-state index contributed by atoms with van der Waals surface area (Å²) in [6, 6.07) is 2.08. The summed E-state index contributed by atoms with van der Waals surface area (Å²) in [6.07, 6.45) is 3.87. The topological polar surface area (TPSA) is 59.5 Å². The van der Waals surface area contributed by atoms with E-state index in [1.165, 1.54) is 0 Å². The summed E-state index contributed by atoms with van der Waals surface area (Å²) in [7, 11) is 0. The smallest absolute Gasteiger partial charge is 0.229 e. The fourth-order valence-electron chi connectivity index (χ4n) is 2.29. The maximum atomic E-state index is 5.60. The number of hydrogen-bond donors (Lipinski definition) is 1. The molecule has 1 unspecified atom stereocenters. The Morgan fingerprint density at radius 2 is 2.33 bits per heavy atom. The van der Waals surface area contributed by atoms with E-state index in [1.807, 2.05) is 6.07 Å². The van der Waals surface area contributed by atoms with Gasteiger partial charge in [0.1, 0.15) is 0 Å². The molecule has 0 amide bonds. The largest absolute Gasteiger partial charge is 0.478 e. The summed E-state index contributed by atoms with van der Waals surface area (Å²) in [5.41, 5.74) is 0. The van der Waals surface area contributed by atoms with Gasteiger partial charge in [0.15, 0.2) is 0 Å². The van der Waals surface area contributed by atoms with E-state index in [1.54, 1.807) is 6.20 Å². The number of anilines is 1. The minimum absolute atomic E-state index is 0.270. The third-order valence-corrected chi connectivity index (χ3v) is 3.36. The van der Waals surface area contributed by atoms with Gasteiger partial charge in [-0.05, 0) is 19.4 Å². The molecule has 0 spiro atoms. The molecule has 0 saturated carbocycles. The first kappa shape index (κ1) is 16.0. The molecular formula is C15H26N4O2. The highest BCUT2D eigenvalue weighted by Crippen LogP contribution is 2.17. The molecule has 0 bridgehead atoms. The molecule has 1 aliphatic rings. The fourth-order valence-corrected chi connectivity index (χ4v) is 2.29. The molecule has 6 heteroatoms. The van der Waals surface area contributed by atoms with Crippen molar-refractivity contribution in [3.8, 4) is 5.88 Å². The van der Waals surface area contributed by atoms with Gasteiger partial charge in [-0.3, -0.25) is 0 Å². The molecule has 1 aromatic rings. The van der Waals surface area contributed by atoms with Crippen LogP contribution in [0.3, 0.4) is 0 Å². The highest BCUT2D eigenvalue weighted by Gasteiger charge is 2.25. The zero-order valence-electron chi connectivity index (χ0n) is 13.0. The zero-order chi connectivity index (χ0) is 14.9. The van der Waals surface area contributed by atoms with E-state index in [0.717, 1.165) is 38.4 Å². The number of morpholine rings is 1. The first-order valence-corrected chi connectivity index (χ1v) is 7.86. The van der Waals surface area contributed by atoms with Crippen LogP contribution in [0.1, 0.15) is 26.7 Å². The lowest BCUT2D eigenvalue weighted by Crippen LogP contribution is -2.51. The van der Waals surface area contributed by atoms with Crippen LogP contribution in [0.25, 0.3) is 0 Å². The third-order valence-electron chi connectivity index (χ3n) is 3.36. The predicted octanol–water partition coefficient (Wildman–Crippen LogP) is 1.47. The third kappa shape index (κ3) is 4.82. The summed E-state index contributed by atoms with van der Waals surface area (Å²) in [5.74, 6) is 1.38. The highest BCUT2D eigenvalue weighted by atomic mass is 16.5. The maximum absolute atomic E-state index is 5.60. The standard InChI is InChI=1S/C15H26N4O2/c1-3-6-16-11-13-12-20-10-8-19(13)15-17-7-5-14(18-15)21-9-4-2/h5,7,13,16H,3-4,6,8-12H2,1-2H3. The number of hydrogen-bond acceptors (Lipinski definition) is 6. The van der Waals surface area contributed by atoms with E-state index in [9.17, 15) is 0 Å². The summed E-state index contributed by atoms with van der Waals surface area (Å²) >= 11 is 0. The van der Waals surface area contributed by atoms with Crippen molar-refractivity contribution in [1.29, 1.82) is 0 Å². The zero-order valence-corrected chi connectivity index (χ0v) is 13.0. The number of nitrogens with one attached hydrogen (secondary N) is 1. The minimum Gasteiger partial charge on any atom is -0.478 e. The van der Waals surface area contributed by atoms with Crippen LogP contribution in [0.4, 0.5) is 5.95 Å². The summed E-state index contributed by atoms with van der Waals surface area (Å²) in [4.78, 5) is 11.1. The molecule has 1 fully saturated rings. The van der Waals surface area contributed by atoms with Gasteiger partial charge in [0.2, 0.25) is 11.8 Å². The van der Waals surface area contributed by atoms with Crippen LogP contribution in [0.5, 0.6) is 5.88 Å². The molecule has 21 heavy (non-hydrogen) atoms. The molecule has 6 nitrogen and oxygen atoms in total. The van der Waals surface area contributed by atoms with Gasteiger partial charge in [-0.1, -0.05) is 13.8 Å². The molecule has 118 valence electrons. The summed E-state index contributed by atoms with van der Waals surface area (Å²) < 4.78 is 11.2. The quantitative estimate of drug-likeness (QED) is 0.733. The second kappa shape index (κ2) is 8.79. The molecule has 1 N–H and O–H groups in total. The van der Waals surface area contributed by atoms with Crippen molar-refractivity contribution in [1.82, 2.24) is 15.3 Å². The van der Waals surface area contributed by atoms with Gasteiger partial charge in [0.25, 0.3) is 0 Å². The average Bonchev–Trinajstić information content (AvgIpc) is 2.54. The van der Waals surface area contributed by atoms with E-state index in [-0.39, 0.29) is 6.04 Å². The molecular weight excluding hydrogens is 268 g/mol. The van der Waals surface area contributed by atoms with Crippen LogP contribution in [-0.4, -0.2) is 55.5 Å². The van der Waals surface area contributed by atoms with Crippen molar-refractivity contribution in [2.24, 2.45) is 0 Å². The average molecular weight is 294 g/mol. The van der Waals surface area contributed by atoms with Gasteiger partial charge in [0, 0.05) is 25.4 Å². The molecule has 1 aliphatic heterocycles. The molecule has 1 saturated heterocycles. The normalized spacial score (nSPS) is 18.8. The van der Waals surface area contributed by atoms with Crippen molar-refractivity contribution in [2.45, 2.75) is 32.7 Å². The Bertz CT molecular complexity index is 416. The molecule has 2 heterocycles. The Kier molecular flexibility index (Phi) is 6.69. The second-order valence-corrected chi connectivity index (χ2v) is 5.17. The highest BCUT2D eigenvalue weighted by molar-refractivity contribution is 5.34. The van der Waals surface area contributed by atoms with Crippen LogP contribution < -0.4 is 15.0 Å². The maximum Gasteiger partial charge on any atom is 0.229 e. The number of rotatable bonds is 8. The van der Waals surface area contributed by atoms with Gasteiger partial charge in [-0.25, -0.2) is 4.98 Å². The van der Waals surface area contributed by atoms with E-state index < -0.39 is 0 Å². The Morgan fingerprint density at radius 3 is 3.14 bits per heavy atom. The van der Waals surface area contributed by atoms with Crippen LogP contribution in [-0.2, 0) is 4.74 Å². The van der Waals surface area contributed by atoms with E-state index in [0.29, 0.717) is 25.7 Å². The molecule has 1 atom stereocenters. The van der Waals surface area contributed by atoms with Crippen LogP contribution in [0.15, 0.2) is 12.3 Å². The van der Waals surface area contributed by atoms with Crippen LogP contribution in [0, 0.1) is 0 Å². The number of ether oxygens (including phenoxy) is 2. The first-order valence-electron chi connectivity index (χ1n) is 7.86. The molecule has 2 rings (SSSR count). The van der Waals surface area contributed by atoms with Gasteiger partial charge in [0.05, 0.1) is 25.9 Å². The van der Waals surface area contributed by atoms with Crippen LogP contribution in [0.2, 0.25) is 0 Å². The molecule has 0 aliphatic carbocycles. The second-order valence-electron chi connectivity index (χ2n) is 5.17. The molecule has 0 aromatic carbocycles. The summed E-state index contributed by atoms with van der Waals surface area (Å²) in [5, 5.41) is 3.44. The monoisotopic (exact) mass is 294 g/mol. The van der Waals surface area contributed by atoms with Gasteiger partial charge in [-0.15, -0.1) is 0 Å². The van der Waals surface area contributed by atoms with Crippen molar-refractivity contribution in [3.05, 3.63) is 12.3 Å². The van der Waals surface area contributed by atoms with Gasteiger partial charge in [-0.2, -0.15) is 4.98 Å². The Labute approximate surface area is 126 Å². The lowest BCUT2D eigenvalue weighted by molar-refractivity contribution is 0.0928. The van der Waals surface area contributed by atoms with E-state index in [2.05, 4.69) is 34.0 Å². The van der Waals surface area contributed by atoms with E-state index in [4.69, 9.17) is 9.47 Å². The lowest BCUT2D eigenvalue weighted by Gasteiger charge is -2.35. The van der Waals surface area contributed by atoms with Crippen LogP contribution >= 0.6 is 0 Å². The number of aromatic nitrogens is 2. The Balaban J connectivity index is 2.02. The minimum atomic E-state index is 0.270. The molecule has 1 aromatic heterocycles. The van der Waals surface area contributed by atoms with Crippen molar-refractivity contribution < 1.29 is 9.47 Å². The van der Waals surface area contributed by atoms with E-state index >= 15 is 0 Å². The fraction of sp³-hybridized carbons (Fsp3) is 0.733. The number of nitrogens with zero attached hydrogens (tertiary/aromatic N) is 3. The Hall–Kier alpha value is -1.40. The predicted molar refractivity (Wildman–Crippen MR) is 82.9 cm³/mol. The van der Waals surface area contributed by atoms with Gasteiger partial charge >= 0.3 is 0 Å². The Morgan fingerprint density at radius 1 is 1.43 bits per heavy atom. The summed E-state index contributed by atoms with van der Waals surface area (Å²) in [6.45, 7) is 9.08. The SMILES string of the molecule is CCCNCC1COCCN1c1nccc(OCCC)n1.